The maximum absolute atomic E-state index is 11.7. The first-order chi connectivity index (χ1) is 8.70. The minimum absolute atomic E-state index is 0. The van der Waals surface area contributed by atoms with Crippen LogP contribution in [0, 0.1) is 0 Å². The van der Waals surface area contributed by atoms with Crippen LogP contribution in [0.5, 0.6) is 0 Å². The number of anilines is 1. The maximum Gasteiger partial charge on any atom is 1.00 e. The molecule has 0 saturated heterocycles. The molecule has 1 aromatic rings. The van der Waals surface area contributed by atoms with Gasteiger partial charge < -0.3 is 4.55 Å². The van der Waals surface area contributed by atoms with E-state index in [2.05, 4.69) is 5.10 Å². The molecule has 20 heavy (non-hydrogen) atoms. The summed E-state index contributed by atoms with van der Waals surface area (Å²) in [5, 5.41) is 4.60. The number of carbonyl (C=O) groups is 1. The van der Waals surface area contributed by atoms with E-state index in [1.54, 1.807) is 6.92 Å². The molecular weight excluding hydrogens is 338 g/mol. The van der Waals surface area contributed by atoms with Crippen molar-refractivity contribution < 1.29 is 47.3 Å². The van der Waals surface area contributed by atoms with Crippen LogP contribution in [0.4, 0.5) is 5.69 Å². The molecule has 0 radical (unpaired) electrons. The molecule has 1 aliphatic heterocycles. The second kappa shape index (κ2) is 6.31. The van der Waals surface area contributed by atoms with Crippen LogP contribution in [0.2, 0.25) is 10.0 Å². The Morgan fingerprint density at radius 1 is 1.30 bits per heavy atom. The zero-order valence-corrected chi connectivity index (χ0v) is 14.9. The largest absolute Gasteiger partial charge is 1.00 e. The Kier molecular flexibility index (Phi) is 5.65. The van der Waals surface area contributed by atoms with Gasteiger partial charge in [-0.25, -0.2) is 8.42 Å². The molecule has 1 heterocycles. The van der Waals surface area contributed by atoms with Gasteiger partial charge in [-0.05, 0) is 19.1 Å². The van der Waals surface area contributed by atoms with Crippen LogP contribution in [0.3, 0.4) is 0 Å². The fourth-order valence-electron chi connectivity index (χ4n) is 1.62. The van der Waals surface area contributed by atoms with Crippen molar-refractivity contribution in [1.29, 1.82) is 0 Å². The molecule has 0 bridgehead atoms. The third-order valence-corrected chi connectivity index (χ3v) is 4.02. The molecule has 1 aromatic carbocycles. The topological polar surface area (TPSA) is 89.9 Å². The summed E-state index contributed by atoms with van der Waals surface area (Å²) in [5.41, 5.74) is 0.735. The summed E-state index contributed by atoms with van der Waals surface area (Å²) in [4.78, 5) is 11.0. The average Bonchev–Trinajstić information content (AvgIpc) is 2.59. The van der Waals surface area contributed by atoms with Crippen molar-refractivity contribution in [2.45, 2.75) is 18.2 Å². The zero-order chi connectivity index (χ0) is 14.4. The van der Waals surface area contributed by atoms with Gasteiger partial charge in [0.25, 0.3) is 5.91 Å². The SMILES string of the molecule is CC1=NN(c2cc(Cl)c(S(=O)(=O)[O-])cc2Cl)C(=O)C1.[Na+]. The predicted octanol–water partition coefficient (Wildman–Crippen LogP) is -0.986. The maximum atomic E-state index is 11.7. The molecule has 102 valence electrons. The minimum Gasteiger partial charge on any atom is -0.744 e. The number of amides is 1. The summed E-state index contributed by atoms with van der Waals surface area (Å²) >= 11 is 11.6. The van der Waals surface area contributed by atoms with Gasteiger partial charge in [0, 0.05) is 5.71 Å². The Labute approximate surface area is 147 Å². The summed E-state index contributed by atoms with van der Waals surface area (Å²) in [6.07, 6.45) is 0.148. The number of hydrogen-bond acceptors (Lipinski definition) is 5. The Hall–Kier alpha value is -0.150. The first kappa shape index (κ1) is 17.9. The van der Waals surface area contributed by atoms with Gasteiger partial charge in [0.2, 0.25) is 0 Å². The molecule has 0 atom stereocenters. The summed E-state index contributed by atoms with van der Waals surface area (Å²) < 4.78 is 32.8. The molecule has 0 fully saturated rings. The van der Waals surface area contributed by atoms with Crippen molar-refractivity contribution in [2.75, 3.05) is 5.01 Å². The summed E-state index contributed by atoms with van der Waals surface area (Å²) in [6, 6.07) is 2.05. The predicted molar refractivity (Wildman–Crippen MR) is 69.6 cm³/mol. The van der Waals surface area contributed by atoms with Crippen molar-refractivity contribution in [3.8, 4) is 0 Å². The van der Waals surface area contributed by atoms with Crippen molar-refractivity contribution in [3.05, 3.63) is 22.2 Å². The molecule has 10 heteroatoms. The number of hydrogen-bond donors (Lipinski definition) is 0. The van der Waals surface area contributed by atoms with Crippen molar-refractivity contribution >= 4 is 50.6 Å². The molecule has 0 unspecified atom stereocenters. The Balaban J connectivity index is 0.00000200. The van der Waals surface area contributed by atoms with E-state index in [0.717, 1.165) is 17.1 Å². The van der Waals surface area contributed by atoms with Gasteiger partial charge in [-0.1, -0.05) is 23.2 Å². The molecule has 0 aromatic heterocycles. The number of benzene rings is 1. The number of rotatable bonds is 2. The number of halogens is 2. The molecule has 1 amide bonds. The Morgan fingerprint density at radius 3 is 2.35 bits per heavy atom. The molecular formula is C10H7Cl2N2NaO4S. The fraction of sp³-hybridized carbons (Fsp3) is 0.200. The van der Waals surface area contributed by atoms with Gasteiger partial charge in [-0.3, -0.25) is 4.79 Å². The third-order valence-electron chi connectivity index (χ3n) is 2.41. The van der Waals surface area contributed by atoms with Crippen LogP contribution in [0.15, 0.2) is 22.1 Å². The van der Waals surface area contributed by atoms with Gasteiger partial charge in [0.1, 0.15) is 10.1 Å². The van der Waals surface area contributed by atoms with Gasteiger partial charge in [0.05, 0.1) is 27.0 Å². The minimum atomic E-state index is -4.73. The summed E-state index contributed by atoms with van der Waals surface area (Å²) in [6.45, 7) is 1.67. The second-order valence-electron chi connectivity index (χ2n) is 3.91. The molecule has 0 saturated carbocycles. The second-order valence-corrected chi connectivity index (χ2v) is 6.07. The normalized spacial score (nSPS) is 15.1. The standard InChI is InChI=1S/C10H8Cl2N2O4S.Na/c1-5-2-10(15)14(13-5)8-3-7(12)9(4-6(8)11)19(16,17)18;/h3-4H,2H2,1H3,(H,16,17,18);/q;+1/p-1. The smallest absolute Gasteiger partial charge is 0.744 e. The average molecular weight is 345 g/mol. The van der Waals surface area contributed by atoms with E-state index in [-0.39, 0.29) is 57.6 Å². The van der Waals surface area contributed by atoms with Gasteiger partial charge in [-0.15, -0.1) is 0 Å². The van der Waals surface area contributed by atoms with E-state index in [4.69, 9.17) is 23.2 Å². The number of nitrogens with zero attached hydrogens (tertiary/aromatic N) is 2. The molecule has 1 aliphatic rings. The molecule has 0 N–H and O–H groups in total. The van der Waals surface area contributed by atoms with E-state index in [1.807, 2.05) is 0 Å². The molecule has 0 spiro atoms. The van der Waals surface area contributed by atoms with Crippen LogP contribution >= 0.6 is 23.2 Å². The summed E-state index contributed by atoms with van der Waals surface area (Å²) in [7, 11) is -4.73. The van der Waals surface area contributed by atoms with Crippen molar-refractivity contribution in [1.82, 2.24) is 0 Å². The Bertz CT molecular complexity index is 705. The molecule has 2 rings (SSSR count). The van der Waals surface area contributed by atoms with E-state index >= 15 is 0 Å². The van der Waals surface area contributed by atoms with Crippen LogP contribution in [-0.4, -0.2) is 24.6 Å². The van der Waals surface area contributed by atoms with E-state index < -0.39 is 15.0 Å². The fourth-order valence-corrected chi connectivity index (χ4v) is 2.93. The summed E-state index contributed by atoms with van der Waals surface area (Å²) in [5.74, 6) is -0.312. The zero-order valence-electron chi connectivity index (χ0n) is 10.6. The van der Waals surface area contributed by atoms with Gasteiger partial charge >= 0.3 is 29.6 Å². The Morgan fingerprint density at radius 2 is 1.90 bits per heavy atom. The first-order valence-electron chi connectivity index (χ1n) is 5.02. The quantitative estimate of drug-likeness (QED) is 0.509. The molecule has 0 aliphatic carbocycles. The number of carbonyl (C=O) groups excluding carboxylic acids is 1. The van der Waals surface area contributed by atoms with Gasteiger partial charge in [0.15, 0.2) is 0 Å². The van der Waals surface area contributed by atoms with Crippen LogP contribution in [0.1, 0.15) is 13.3 Å². The first-order valence-corrected chi connectivity index (χ1v) is 7.18. The monoisotopic (exact) mass is 344 g/mol. The van der Waals surface area contributed by atoms with Crippen molar-refractivity contribution in [3.63, 3.8) is 0 Å². The van der Waals surface area contributed by atoms with Crippen molar-refractivity contribution in [2.24, 2.45) is 5.10 Å². The van der Waals surface area contributed by atoms with E-state index in [0.29, 0.717) is 5.71 Å². The molecule has 6 nitrogen and oxygen atoms in total. The van der Waals surface area contributed by atoms with Crippen LogP contribution in [0.25, 0.3) is 0 Å². The third kappa shape index (κ3) is 3.54. The van der Waals surface area contributed by atoms with E-state index in [9.17, 15) is 17.8 Å². The van der Waals surface area contributed by atoms with E-state index in [1.165, 1.54) is 0 Å². The number of hydrazone groups is 1. The van der Waals surface area contributed by atoms with Crippen LogP contribution in [-0.2, 0) is 14.9 Å². The van der Waals surface area contributed by atoms with Crippen LogP contribution < -0.4 is 34.6 Å². The van der Waals surface area contributed by atoms with Gasteiger partial charge in [-0.2, -0.15) is 10.1 Å².